The first-order chi connectivity index (χ1) is 5.58. The van der Waals surface area contributed by atoms with Gasteiger partial charge in [-0.3, -0.25) is 0 Å². The number of ether oxygens (including phenoxy) is 2. The maximum absolute atomic E-state index is 11.9. The number of hydrogen-bond acceptors (Lipinski definition) is 4. The van der Waals surface area contributed by atoms with Crippen LogP contribution >= 0.6 is 0 Å². The van der Waals surface area contributed by atoms with E-state index in [1.807, 2.05) is 0 Å². The molecule has 1 unspecified atom stereocenters. The molecule has 1 aliphatic heterocycles. The standard InChI is InChI=1S/C6H11FO4S/c7-12(8,9)4-3-11-6-1-2-10-5-6/h6H,1-5H2. The van der Waals surface area contributed by atoms with Gasteiger partial charge in [0.1, 0.15) is 5.75 Å². The minimum atomic E-state index is -4.38. The minimum absolute atomic E-state index is 0.0632. The van der Waals surface area contributed by atoms with Crippen LogP contribution in [-0.2, 0) is 19.7 Å². The van der Waals surface area contributed by atoms with Crippen molar-refractivity contribution >= 4 is 10.2 Å². The molecule has 6 heteroatoms. The summed E-state index contributed by atoms with van der Waals surface area (Å²) in [5, 5.41) is 0. The summed E-state index contributed by atoms with van der Waals surface area (Å²) in [7, 11) is -4.38. The third kappa shape index (κ3) is 3.99. The lowest BCUT2D eigenvalue weighted by atomic mass is 10.3. The number of halogens is 1. The van der Waals surface area contributed by atoms with Crippen LogP contribution in [0.5, 0.6) is 0 Å². The van der Waals surface area contributed by atoms with Crippen molar-refractivity contribution in [3.05, 3.63) is 0 Å². The Bertz CT molecular complexity index is 220. The molecule has 0 aromatic carbocycles. The Hall–Kier alpha value is -0.200. The van der Waals surface area contributed by atoms with Gasteiger partial charge in [0.05, 0.1) is 19.3 Å². The SMILES string of the molecule is O=S(=O)(F)CCOC1CCOC1. The predicted octanol–water partition coefficient (Wildman–Crippen LogP) is 0.0912. The molecular weight excluding hydrogens is 187 g/mol. The summed E-state index contributed by atoms with van der Waals surface area (Å²) < 4.78 is 42.0. The molecule has 1 aliphatic rings. The fourth-order valence-electron chi connectivity index (χ4n) is 0.959. The lowest BCUT2D eigenvalue weighted by Gasteiger charge is -2.07. The van der Waals surface area contributed by atoms with Crippen LogP contribution in [0.3, 0.4) is 0 Å². The molecule has 1 heterocycles. The van der Waals surface area contributed by atoms with Crippen LogP contribution in [0, 0.1) is 0 Å². The lowest BCUT2D eigenvalue weighted by molar-refractivity contribution is 0.0517. The molecular formula is C6H11FO4S. The first-order valence-electron chi connectivity index (χ1n) is 3.69. The predicted molar refractivity (Wildman–Crippen MR) is 40.1 cm³/mol. The summed E-state index contributed by atoms with van der Waals surface area (Å²) in [6.07, 6.45) is 0.693. The normalized spacial score (nSPS) is 24.6. The Morgan fingerprint density at radius 2 is 2.33 bits per heavy atom. The third-order valence-electron chi connectivity index (χ3n) is 1.57. The van der Waals surface area contributed by atoms with Gasteiger partial charge in [0.25, 0.3) is 0 Å². The summed E-state index contributed by atoms with van der Waals surface area (Å²) in [4.78, 5) is 0. The van der Waals surface area contributed by atoms with E-state index in [0.717, 1.165) is 6.42 Å². The Kier molecular flexibility index (Phi) is 3.42. The summed E-state index contributed by atoms with van der Waals surface area (Å²) >= 11 is 0. The molecule has 0 aromatic rings. The first kappa shape index (κ1) is 9.88. The number of hydrogen-bond donors (Lipinski definition) is 0. The molecule has 0 aromatic heterocycles. The average Bonchev–Trinajstić information content (AvgIpc) is 2.36. The highest BCUT2D eigenvalue weighted by Crippen LogP contribution is 2.07. The summed E-state index contributed by atoms with van der Waals surface area (Å²) in [5.41, 5.74) is 0. The van der Waals surface area contributed by atoms with Gasteiger partial charge in [-0.25, -0.2) is 0 Å². The van der Waals surface area contributed by atoms with E-state index in [1.165, 1.54) is 0 Å². The zero-order valence-electron chi connectivity index (χ0n) is 6.53. The van der Waals surface area contributed by atoms with Crippen molar-refractivity contribution in [2.45, 2.75) is 12.5 Å². The van der Waals surface area contributed by atoms with Gasteiger partial charge in [-0.2, -0.15) is 8.42 Å². The van der Waals surface area contributed by atoms with Crippen molar-refractivity contribution in [2.24, 2.45) is 0 Å². The van der Waals surface area contributed by atoms with Gasteiger partial charge in [0.15, 0.2) is 0 Å². The number of rotatable bonds is 4. The van der Waals surface area contributed by atoms with E-state index < -0.39 is 16.0 Å². The molecule has 0 spiro atoms. The fourth-order valence-corrected chi connectivity index (χ4v) is 1.25. The molecule has 0 bridgehead atoms. The maximum Gasteiger partial charge on any atom is 0.304 e. The van der Waals surface area contributed by atoms with E-state index in [1.54, 1.807) is 0 Å². The smallest absolute Gasteiger partial charge is 0.304 e. The van der Waals surface area contributed by atoms with Crippen LogP contribution < -0.4 is 0 Å². The summed E-state index contributed by atoms with van der Waals surface area (Å²) in [5.74, 6) is -0.566. The molecule has 1 atom stereocenters. The molecule has 12 heavy (non-hydrogen) atoms. The third-order valence-corrected chi connectivity index (χ3v) is 2.22. The summed E-state index contributed by atoms with van der Waals surface area (Å²) in [6.45, 7) is 1.02. The van der Waals surface area contributed by atoms with Gasteiger partial charge < -0.3 is 9.47 Å². The molecule has 0 radical (unpaired) electrons. The highest BCUT2D eigenvalue weighted by atomic mass is 32.3. The molecule has 1 saturated heterocycles. The van der Waals surface area contributed by atoms with Gasteiger partial charge in [-0.1, -0.05) is 0 Å². The Morgan fingerprint density at radius 3 is 2.83 bits per heavy atom. The van der Waals surface area contributed by atoms with Crippen LogP contribution in [0.4, 0.5) is 3.89 Å². The van der Waals surface area contributed by atoms with E-state index in [4.69, 9.17) is 9.47 Å². The maximum atomic E-state index is 11.9. The Balaban J connectivity index is 2.09. The van der Waals surface area contributed by atoms with Crippen molar-refractivity contribution in [3.8, 4) is 0 Å². The first-order valence-corrected chi connectivity index (χ1v) is 5.25. The second-order valence-electron chi connectivity index (χ2n) is 2.60. The van der Waals surface area contributed by atoms with Gasteiger partial charge >= 0.3 is 10.2 Å². The molecule has 4 nitrogen and oxygen atoms in total. The molecule has 72 valence electrons. The van der Waals surface area contributed by atoms with Crippen molar-refractivity contribution in [1.29, 1.82) is 0 Å². The van der Waals surface area contributed by atoms with E-state index in [-0.39, 0.29) is 12.7 Å². The topological polar surface area (TPSA) is 52.6 Å². The highest BCUT2D eigenvalue weighted by molar-refractivity contribution is 7.86. The zero-order valence-corrected chi connectivity index (χ0v) is 7.35. The van der Waals surface area contributed by atoms with E-state index in [2.05, 4.69) is 0 Å². The van der Waals surface area contributed by atoms with Crippen molar-refractivity contribution in [3.63, 3.8) is 0 Å². The molecule has 1 rings (SSSR count). The van der Waals surface area contributed by atoms with E-state index in [9.17, 15) is 12.3 Å². The van der Waals surface area contributed by atoms with Crippen LogP contribution in [0.15, 0.2) is 0 Å². The van der Waals surface area contributed by atoms with Gasteiger partial charge in [-0.15, -0.1) is 3.89 Å². The van der Waals surface area contributed by atoms with E-state index >= 15 is 0 Å². The fraction of sp³-hybridized carbons (Fsp3) is 1.00. The average molecular weight is 198 g/mol. The van der Waals surface area contributed by atoms with Crippen LogP contribution in [0.25, 0.3) is 0 Å². The van der Waals surface area contributed by atoms with Gasteiger partial charge in [-0.05, 0) is 6.42 Å². The largest absolute Gasteiger partial charge is 0.379 e. The quantitative estimate of drug-likeness (QED) is 0.601. The molecule has 0 amide bonds. The zero-order chi connectivity index (χ0) is 9.03. The van der Waals surface area contributed by atoms with Crippen LogP contribution in [-0.4, -0.2) is 40.1 Å². The molecule has 0 N–H and O–H groups in total. The minimum Gasteiger partial charge on any atom is -0.379 e. The van der Waals surface area contributed by atoms with E-state index in [0.29, 0.717) is 13.2 Å². The molecule has 1 fully saturated rings. The molecule has 0 aliphatic carbocycles. The second kappa shape index (κ2) is 4.15. The van der Waals surface area contributed by atoms with Crippen molar-refractivity contribution in [2.75, 3.05) is 25.6 Å². The van der Waals surface area contributed by atoms with Crippen molar-refractivity contribution in [1.82, 2.24) is 0 Å². The van der Waals surface area contributed by atoms with Gasteiger partial charge in [0.2, 0.25) is 0 Å². The highest BCUT2D eigenvalue weighted by Gasteiger charge is 2.17. The molecule has 0 saturated carbocycles. The van der Waals surface area contributed by atoms with Crippen molar-refractivity contribution < 1.29 is 21.8 Å². The van der Waals surface area contributed by atoms with Gasteiger partial charge in [0, 0.05) is 6.61 Å². The Morgan fingerprint density at radius 1 is 1.58 bits per heavy atom. The summed E-state index contributed by atoms with van der Waals surface area (Å²) in [6, 6.07) is 0. The monoisotopic (exact) mass is 198 g/mol. The Labute approximate surface area is 70.9 Å². The second-order valence-corrected chi connectivity index (χ2v) is 4.09. The lowest BCUT2D eigenvalue weighted by Crippen LogP contribution is -2.17. The van der Waals surface area contributed by atoms with Crippen LogP contribution in [0.2, 0.25) is 0 Å². The van der Waals surface area contributed by atoms with Crippen LogP contribution in [0.1, 0.15) is 6.42 Å².